The molecule has 0 saturated carbocycles. The lowest BCUT2D eigenvalue weighted by Crippen LogP contribution is -2.37. The highest BCUT2D eigenvalue weighted by Gasteiger charge is 2.23. The smallest absolute Gasteiger partial charge is 0.226 e. The monoisotopic (exact) mass is 406 g/mol. The first-order chi connectivity index (χ1) is 13.0. The van der Waals surface area contributed by atoms with Crippen LogP contribution in [0.15, 0.2) is 42.6 Å². The van der Waals surface area contributed by atoms with Crippen molar-refractivity contribution in [2.75, 3.05) is 6.54 Å². The third kappa shape index (κ3) is 6.82. The molecule has 1 aromatic heterocycles. The predicted molar refractivity (Wildman–Crippen MR) is 113 cm³/mol. The van der Waals surface area contributed by atoms with Crippen LogP contribution >= 0.6 is 23.2 Å². The lowest BCUT2D eigenvalue weighted by atomic mass is 9.97. The Morgan fingerprint density at radius 1 is 1.19 bits per heavy atom. The number of aromatic nitrogens is 1. The molecule has 2 aromatic rings. The Hall–Kier alpha value is -1.58. The predicted octanol–water partition coefficient (Wildman–Crippen LogP) is 6.18. The molecule has 0 aliphatic heterocycles. The molecule has 0 N–H and O–H groups in total. The summed E-state index contributed by atoms with van der Waals surface area (Å²) >= 11 is 12.3. The molecule has 1 unspecified atom stereocenters. The van der Waals surface area contributed by atoms with Crippen LogP contribution in [0.1, 0.15) is 50.8 Å². The van der Waals surface area contributed by atoms with Crippen LogP contribution in [0.3, 0.4) is 0 Å². The Balaban J connectivity index is 2.14. The third-order valence-electron chi connectivity index (χ3n) is 4.81. The molecule has 0 spiro atoms. The number of hydrogen-bond donors (Lipinski definition) is 0. The zero-order valence-corrected chi connectivity index (χ0v) is 17.6. The van der Waals surface area contributed by atoms with E-state index in [1.54, 1.807) is 12.3 Å². The summed E-state index contributed by atoms with van der Waals surface area (Å²) in [7, 11) is 0. The molecule has 1 atom stereocenters. The Kier molecular flexibility index (Phi) is 9.09. The van der Waals surface area contributed by atoms with Crippen LogP contribution in [-0.2, 0) is 17.8 Å². The molecular formula is C22H28Cl2N2O. The molecular weight excluding hydrogens is 379 g/mol. The second kappa shape index (κ2) is 11.3. The first-order valence-electron chi connectivity index (χ1n) is 9.67. The van der Waals surface area contributed by atoms with Crippen molar-refractivity contribution in [2.24, 2.45) is 5.92 Å². The summed E-state index contributed by atoms with van der Waals surface area (Å²) in [6.07, 6.45) is 6.43. The van der Waals surface area contributed by atoms with Crippen molar-refractivity contribution in [1.82, 2.24) is 9.88 Å². The molecule has 1 amide bonds. The van der Waals surface area contributed by atoms with Gasteiger partial charge in [-0.25, -0.2) is 0 Å². The van der Waals surface area contributed by atoms with E-state index in [1.807, 2.05) is 35.2 Å². The molecule has 0 aliphatic carbocycles. The second-order valence-electron chi connectivity index (χ2n) is 6.81. The minimum Gasteiger partial charge on any atom is -0.336 e. The molecule has 0 saturated heterocycles. The van der Waals surface area contributed by atoms with Gasteiger partial charge in [0.05, 0.1) is 12.2 Å². The van der Waals surface area contributed by atoms with Crippen molar-refractivity contribution in [3.63, 3.8) is 0 Å². The van der Waals surface area contributed by atoms with E-state index in [1.165, 1.54) is 0 Å². The number of unbranched alkanes of at least 4 members (excludes halogenated alkanes) is 1. The van der Waals surface area contributed by atoms with Crippen LogP contribution in [0, 0.1) is 5.92 Å². The Morgan fingerprint density at radius 2 is 2.00 bits per heavy atom. The summed E-state index contributed by atoms with van der Waals surface area (Å²) in [4.78, 5) is 19.5. The third-order valence-corrected chi connectivity index (χ3v) is 5.39. The normalized spacial score (nSPS) is 12.0. The van der Waals surface area contributed by atoms with Gasteiger partial charge in [-0.3, -0.25) is 9.78 Å². The number of nitrogens with zero attached hydrogens (tertiary/aromatic N) is 2. The van der Waals surface area contributed by atoms with Crippen molar-refractivity contribution in [1.29, 1.82) is 0 Å². The molecule has 0 fully saturated rings. The lowest BCUT2D eigenvalue weighted by molar-refractivity contribution is -0.136. The van der Waals surface area contributed by atoms with E-state index in [-0.39, 0.29) is 11.8 Å². The van der Waals surface area contributed by atoms with Crippen LogP contribution in [-0.4, -0.2) is 22.3 Å². The molecule has 0 aliphatic rings. The van der Waals surface area contributed by atoms with Crippen LogP contribution in [0.4, 0.5) is 0 Å². The van der Waals surface area contributed by atoms with Crippen molar-refractivity contribution in [2.45, 2.75) is 52.5 Å². The van der Waals surface area contributed by atoms with Crippen LogP contribution in [0.5, 0.6) is 0 Å². The molecule has 27 heavy (non-hydrogen) atoms. The number of pyridine rings is 1. The van der Waals surface area contributed by atoms with Gasteiger partial charge in [-0.05, 0) is 49.1 Å². The van der Waals surface area contributed by atoms with Gasteiger partial charge in [0, 0.05) is 28.7 Å². The Morgan fingerprint density at radius 3 is 2.63 bits per heavy atom. The summed E-state index contributed by atoms with van der Waals surface area (Å²) in [5.74, 6) is 0.274. The number of rotatable bonds is 10. The van der Waals surface area contributed by atoms with E-state index in [9.17, 15) is 4.79 Å². The maximum atomic E-state index is 13.2. The zero-order valence-electron chi connectivity index (χ0n) is 16.1. The van der Waals surface area contributed by atoms with Gasteiger partial charge in [0.1, 0.15) is 0 Å². The average Bonchev–Trinajstić information content (AvgIpc) is 2.67. The van der Waals surface area contributed by atoms with Crippen molar-refractivity contribution < 1.29 is 4.79 Å². The van der Waals surface area contributed by atoms with E-state index in [0.717, 1.165) is 36.9 Å². The Bertz CT molecular complexity index is 722. The molecule has 5 heteroatoms. The van der Waals surface area contributed by atoms with Gasteiger partial charge >= 0.3 is 0 Å². The Labute approximate surface area is 172 Å². The summed E-state index contributed by atoms with van der Waals surface area (Å²) in [6, 6.07) is 11.3. The van der Waals surface area contributed by atoms with Crippen molar-refractivity contribution in [3.05, 3.63) is 63.9 Å². The summed E-state index contributed by atoms with van der Waals surface area (Å²) in [6.45, 7) is 5.38. The second-order valence-corrected chi connectivity index (χ2v) is 7.66. The fourth-order valence-corrected chi connectivity index (χ4v) is 3.65. The fraction of sp³-hybridized carbons (Fsp3) is 0.455. The number of benzene rings is 1. The van der Waals surface area contributed by atoms with Gasteiger partial charge in [0.2, 0.25) is 5.91 Å². The first-order valence-corrected chi connectivity index (χ1v) is 10.4. The number of carbonyl (C=O) groups excluding carboxylic acids is 1. The molecule has 1 aromatic carbocycles. The van der Waals surface area contributed by atoms with E-state index in [0.29, 0.717) is 29.6 Å². The molecule has 2 rings (SSSR count). The van der Waals surface area contributed by atoms with E-state index >= 15 is 0 Å². The standard InChI is InChI=1S/C22H28Cl2N2O/c1-3-5-8-17(4-2)22(27)26(16-20-9-6-7-13-25-20)14-12-18-10-11-19(23)15-21(18)24/h6-7,9-11,13,15,17H,3-5,8,12,14,16H2,1-2H3. The topological polar surface area (TPSA) is 33.2 Å². The molecule has 146 valence electrons. The minimum absolute atomic E-state index is 0.0642. The first kappa shape index (κ1) is 21.7. The van der Waals surface area contributed by atoms with Gasteiger partial charge in [0.15, 0.2) is 0 Å². The van der Waals surface area contributed by atoms with Gasteiger partial charge in [-0.1, -0.05) is 62.0 Å². The highest BCUT2D eigenvalue weighted by molar-refractivity contribution is 6.35. The highest BCUT2D eigenvalue weighted by Crippen LogP contribution is 2.23. The van der Waals surface area contributed by atoms with Gasteiger partial charge < -0.3 is 4.90 Å². The van der Waals surface area contributed by atoms with Crippen molar-refractivity contribution in [3.8, 4) is 0 Å². The van der Waals surface area contributed by atoms with E-state index in [2.05, 4.69) is 18.8 Å². The number of hydrogen-bond acceptors (Lipinski definition) is 2. The quantitative estimate of drug-likeness (QED) is 0.471. The van der Waals surface area contributed by atoms with E-state index < -0.39 is 0 Å². The molecule has 0 radical (unpaired) electrons. The largest absolute Gasteiger partial charge is 0.336 e. The number of carbonyl (C=O) groups is 1. The maximum absolute atomic E-state index is 13.2. The lowest BCUT2D eigenvalue weighted by Gasteiger charge is -2.27. The number of amides is 1. The van der Waals surface area contributed by atoms with Gasteiger partial charge in [0.25, 0.3) is 0 Å². The fourth-order valence-electron chi connectivity index (χ4n) is 3.15. The SMILES string of the molecule is CCCCC(CC)C(=O)N(CCc1ccc(Cl)cc1Cl)Cc1ccccn1. The van der Waals surface area contributed by atoms with Crippen molar-refractivity contribution >= 4 is 29.1 Å². The summed E-state index contributed by atoms with van der Waals surface area (Å²) < 4.78 is 0. The minimum atomic E-state index is 0.0642. The summed E-state index contributed by atoms with van der Waals surface area (Å²) in [5, 5.41) is 1.27. The summed E-state index contributed by atoms with van der Waals surface area (Å²) in [5.41, 5.74) is 1.90. The molecule has 3 nitrogen and oxygen atoms in total. The molecule has 0 bridgehead atoms. The van der Waals surface area contributed by atoms with Gasteiger partial charge in [-0.15, -0.1) is 0 Å². The molecule has 1 heterocycles. The van der Waals surface area contributed by atoms with Gasteiger partial charge in [-0.2, -0.15) is 0 Å². The highest BCUT2D eigenvalue weighted by atomic mass is 35.5. The number of halogens is 2. The van der Waals surface area contributed by atoms with Crippen LogP contribution in [0.25, 0.3) is 0 Å². The van der Waals surface area contributed by atoms with E-state index in [4.69, 9.17) is 23.2 Å². The zero-order chi connectivity index (χ0) is 19.6. The average molecular weight is 407 g/mol. The van der Waals surface area contributed by atoms with Crippen LogP contribution in [0.2, 0.25) is 10.0 Å². The van der Waals surface area contributed by atoms with Crippen LogP contribution < -0.4 is 0 Å². The maximum Gasteiger partial charge on any atom is 0.226 e.